The second-order valence-electron chi connectivity index (χ2n) is 3.93. The predicted octanol–water partition coefficient (Wildman–Crippen LogP) is 4.82. The van der Waals surface area contributed by atoms with Crippen LogP contribution in [-0.2, 0) is 0 Å². The first kappa shape index (κ1) is 14.5. The molecule has 0 saturated heterocycles. The second-order valence-corrected chi connectivity index (χ2v) is 6.06. The molecule has 0 atom stereocenters. The molecule has 0 spiro atoms. The van der Waals surface area contributed by atoms with E-state index in [1.165, 1.54) is 0 Å². The Kier molecular flexibility index (Phi) is 4.60. The quantitative estimate of drug-likeness (QED) is 0.729. The molecular weight excluding hydrogens is 395 g/mol. The molecule has 3 nitrogen and oxygen atoms in total. The molecule has 1 aromatic heterocycles. The van der Waals surface area contributed by atoms with Gasteiger partial charge in [-0.05, 0) is 52.7 Å². The average Bonchev–Trinajstić information content (AvgIpc) is 2.33. The minimum atomic E-state index is -0.242. The molecule has 1 N–H and O–H groups in total. The third kappa shape index (κ3) is 3.55. The molecule has 2 rings (SSSR count). The molecule has 1 heterocycles. The SMILES string of the molecule is Cc1cnc(Cl)c(NC(=O)c2ccc(Br)cc2Br)c1. The van der Waals surface area contributed by atoms with E-state index in [4.69, 9.17) is 11.6 Å². The molecular formula is C13H9Br2ClN2O. The van der Waals surface area contributed by atoms with Gasteiger partial charge in [-0.15, -0.1) is 0 Å². The number of carbonyl (C=O) groups excluding carboxylic acids is 1. The maximum Gasteiger partial charge on any atom is 0.256 e. The van der Waals surface area contributed by atoms with Gasteiger partial charge < -0.3 is 5.32 Å². The van der Waals surface area contributed by atoms with Crippen LogP contribution >= 0.6 is 43.5 Å². The zero-order chi connectivity index (χ0) is 14.0. The lowest BCUT2D eigenvalue weighted by atomic mass is 10.2. The standard InChI is InChI=1S/C13H9Br2ClN2O/c1-7-4-11(12(16)17-6-7)18-13(19)9-3-2-8(14)5-10(9)15/h2-6H,1H3,(H,18,19). The van der Waals surface area contributed by atoms with E-state index in [2.05, 4.69) is 42.2 Å². The van der Waals surface area contributed by atoms with E-state index in [9.17, 15) is 4.79 Å². The largest absolute Gasteiger partial charge is 0.319 e. The minimum absolute atomic E-state index is 0.242. The Morgan fingerprint density at radius 2 is 2.05 bits per heavy atom. The molecule has 98 valence electrons. The fourth-order valence-corrected chi connectivity index (χ4v) is 2.88. The number of hydrogen-bond donors (Lipinski definition) is 1. The zero-order valence-corrected chi connectivity index (χ0v) is 13.8. The summed E-state index contributed by atoms with van der Waals surface area (Å²) in [7, 11) is 0. The molecule has 0 radical (unpaired) electrons. The van der Waals surface area contributed by atoms with E-state index in [1.54, 1.807) is 24.4 Å². The fourth-order valence-electron chi connectivity index (χ4n) is 1.50. The van der Waals surface area contributed by atoms with Crippen LogP contribution in [-0.4, -0.2) is 10.9 Å². The van der Waals surface area contributed by atoms with Crippen molar-refractivity contribution in [3.8, 4) is 0 Å². The van der Waals surface area contributed by atoms with Crippen LogP contribution in [0.4, 0.5) is 5.69 Å². The van der Waals surface area contributed by atoms with E-state index in [-0.39, 0.29) is 11.1 Å². The van der Waals surface area contributed by atoms with Gasteiger partial charge in [-0.1, -0.05) is 27.5 Å². The highest BCUT2D eigenvalue weighted by Gasteiger charge is 2.12. The first-order chi connectivity index (χ1) is 8.97. The van der Waals surface area contributed by atoms with Gasteiger partial charge in [-0.25, -0.2) is 4.98 Å². The summed E-state index contributed by atoms with van der Waals surface area (Å²) in [6.07, 6.45) is 1.65. The molecule has 0 bridgehead atoms. The van der Waals surface area contributed by atoms with Gasteiger partial charge in [0.25, 0.3) is 5.91 Å². The van der Waals surface area contributed by atoms with Crippen LogP contribution in [0.2, 0.25) is 5.15 Å². The Morgan fingerprint density at radius 3 is 2.74 bits per heavy atom. The maximum absolute atomic E-state index is 12.2. The molecule has 0 fully saturated rings. The van der Waals surface area contributed by atoms with Gasteiger partial charge in [0.1, 0.15) is 0 Å². The number of carbonyl (C=O) groups is 1. The van der Waals surface area contributed by atoms with Gasteiger partial charge in [0.2, 0.25) is 0 Å². The van der Waals surface area contributed by atoms with E-state index in [0.29, 0.717) is 15.7 Å². The predicted molar refractivity (Wildman–Crippen MR) is 83.8 cm³/mol. The Labute approximate surface area is 132 Å². The van der Waals surface area contributed by atoms with Crippen molar-refractivity contribution in [2.75, 3.05) is 5.32 Å². The van der Waals surface area contributed by atoms with E-state index in [0.717, 1.165) is 10.0 Å². The summed E-state index contributed by atoms with van der Waals surface area (Å²) in [6, 6.07) is 7.11. The van der Waals surface area contributed by atoms with Gasteiger partial charge >= 0.3 is 0 Å². The Morgan fingerprint density at radius 1 is 1.32 bits per heavy atom. The molecule has 1 amide bonds. The lowest BCUT2D eigenvalue weighted by Crippen LogP contribution is -2.13. The summed E-state index contributed by atoms with van der Waals surface area (Å²) < 4.78 is 1.60. The van der Waals surface area contributed by atoms with Crippen LogP contribution in [0.25, 0.3) is 0 Å². The van der Waals surface area contributed by atoms with Crippen LogP contribution in [0.5, 0.6) is 0 Å². The first-order valence-corrected chi connectivity index (χ1v) is 7.32. The lowest BCUT2D eigenvalue weighted by molar-refractivity contribution is 0.102. The fraction of sp³-hybridized carbons (Fsp3) is 0.0769. The Hall–Kier alpha value is -0.910. The van der Waals surface area contributed by atoms with E-state index < -0.39 is 0 Å². The van der Waals surface area contributed by atoms with Gasteiger partial charge in [-0.3, -0.25) is 4.79 Å². The number of halogens is 3. The van der Waals surface area contributed by atoms with E-state index >= 15 is 0 Å². The van der Waals surface area contributed by atoms with Gasteiger partial charge in [0.15, 0.2) is 5.15 Å². The number of amides is 1. The highest BCUT2D eigenvalue weighted by atomic mass is 79.9. The van der Waals surface area contributed by atoms with Gasteiger partial charge in [-0.2, -0.15) is 0 Å². The lowest BCUT2D eigenvalue weighted by Gasteiger charge is -2.09. The van der Waals surface area contributed by atoms with Crippen molar-refractivity contribution in [1.82, 2.24) is 4.98 Å². The molecule has 6 heteroatoms. The molecule has 0 aliphatic rings. The molecule has 19 heavy (non-hydrogen) atoms. The van der Waals surface area contributed by atoms with Gasteiger partial charge in [0.05, 0.1) is 11.3 Å². The second kappa shape index (κ2) is 6.03. The Bertz CT molecular complexity index is 647. The van der Waals surface area contributed by atoms with E-state index in [1.807, 2.05) is 13.0 Å². The molecule has 0 unspecified atom stereocenters. The van der Waals surface area contributed by atoms with Crippen molar-refractivity contribution >= 4 is 55.1 Å². The highest BCUT2D eigenvalue weighted by molar-refractivity contribution is 9.11. The topological polar surface area (TPSA) is 42.0 Å². The average molecular weight is 404 g/mol. The zero-order valence-electron chi connectivity index (χ0n) is 9.88. The molecule has 2 aromatic rings. The summed E-state index contributed by atoms with van der Waals surface area (Å²) in [6.45, 7) is 1.88. The molecule has 0 aliphatic heterocycles. The van der Waals surface area contributed by atoms with Crippen molar-refractivity contribution in [1.29, 1.82) is 0 Å². The normalized spacial score (nSPS) is 10.3. The number of aromatic nitrogens is 1. The number of rotatable bonds is 2. The number of nitrogens with zero attached hydrogens (tertiary/aromatic N) is 1. The van der Waals surface area contributed by atoms with Crippen LogP contribution in [0.15, 0.2) is 39.4 Å². The smallest absolute Gasteiger partial charge is 0.256 e. The third-order valence-corrected chi connectivity index (χ3v) is 3.85. The molecule has 0 aliphatic carbocycles. The van der Waals surface area contributed by atoms with Crippen molar-refractivity contribution in [2.24, 2.45) is 0 Å². The monoisotopic (exact) mass is 402 g/mol. The van der Waals surface area contributed by atoms with Gasteiger partial charge in [0, 0.05) is 15.1 Å². The Balaban J connectivity index is 2.28. The molecule has 0 saturated carbocycles. The van der Waals surface area contributed by atoms with Crippen LogP contribution < -0.4 is 5.32 Å². The summed E-state index contributed by atoms with van der Waals surface area (Å²) >= 11 is 12.6. The number of benzene rings is 1. The summed E-state index contributed by atoms with van der Waals surface area (Å²) in [5.41, 5.74) is 1.96. The number of pyridine rings is 1. The van der Waals surface area contributed by atoms with Crippen LogP contribution in [0.3, 0.4) is 0 Å². The summed E-state index contributed by atoms with van der Waals surface area (Å²) in [5.74, 6) is -0.242. The molecule has 1 aromatic carbocycles. The van der Waals surface area contributed by atoms with Crippen molar-refractivity contribution < 1.29 is 4.79 Å². The highest BCUT2D eigenvalue weighted by Crippen LogP contribution is 2.25. The first-order valence-electron chi connectivity index (χ1n) is 5.36. The third-order valence-electron chi connectivity index (χ3n) is 2.40. The number of nitrogens with one attached hydrogen (secondary N) is 1. The number of aryl methyl sites for hydroxylation is 1. The van der Waals surface area contributed by atoms with Crippen molar-refractivity contribution in [3.05, 3.63) is 55.7 Å². The maximum atomic E-state index is 12.2. The number of hydrogen-bond acceptors (Lipinski definition) is 2. The van der Waals surface area contributed by atoms with Crippen LogP contribution in [0.1, 0.15) is 15.9 Å². The minimum Gasteiger partial charge on any atom is -0.319 e. The number of anilines is 1. The van der Waals surface area contributed by atoms with Crippen molar-refractivity contribution in [3.63, 3.8) is 0 Å². The summed E-state index contributed by atoms with van der Waals surface area (Å²) in [4.78, 5) is 16.2. The van der Waals surface area contributed by atoms with Crippen molar-refractivity contribution in [2.45, 2.75) is 6.92 Å². The van der Waals surface area contributed by atoms with Crippen LogP contribution in [0, 0.1) is 6.92 Å². The summed E-state index contributed by atoms with van der Waals surface area (Å²) in [5, 5.41) is 3.02.